The van der Waals surface area contributed by atoms with E-state index in [9.17, 15) is 49.8 Å². The summed E-state index contributed by atoms with van der Waals surface area (Å²) < 4.78 is 43.8. The first kappa shape index (κ1) is 65.4. The zero-order valence-electron chi connectivity index (χ0n) is 45.3. The molecular weight excluding hydrogens is 917 g/mol. The summed E-state index contributed by atoms with van der Waals surface area (Å²) in [4.78, 5) is 45.4. The van der Waals surface area contributed by atoms with Gasteiger partial charge in [0.2, 0.25) is 0 Å². The topological polar surface area (TPSA) is 288 Å². The van der Waals surface area contributed by atoms with Crippen molar-refractivity contribution in [3.8, 4) is 0 Å². The van der Waals surface area contributed by atoms with Crippen molar-refractivity contribution in [2.24, 2.45) is 35.5 Å². The van der Waals surface area contributed by atoms with Crippen molar-refractivity contribution in [1.82, 2.24) is 10.6 Å². The lowest BCUT2D eigenvalue weighted by molar-refractivity contribution is -0.276. The summed E-state index contributed by atoms with van der Waals surface area (Å²) in [5, 5.41) is 64.1. The van der Waals surface area contributed by atoms with Crippen LogP contribution in [0.25, 0.3) is 0 Å². The Bertz CT molecular complexity index is 1540. The SMILES string of the molecule is CCC1C(O)C(O)OC(C(C)C)C1O.CCC1C(O)C(O)OC(NC(C)C)C1O.CCC1C(OC(C)=O)C(C)OC(C(C)C)C1OC(C)=O.CCC1C(OC(C)=O)C(C)OC(NC(C)C)C1OC(C)=O. The van der Waals surface area contributed by atoms with Gasteiger partial charge in [-0.2, -0.15) is 0 Å². The van der Waals surface area contributed by atoms with Gasteiger partial charge in [0.15, 0.2) is 12.6 Å². The maximum atomic E-state index is 11.4. The quantitative estimate of drug-likeness (QED) is 0.0913. The predicted octanol–water partition coefficient (Wildman–Crippen LogP) is 3.45. The Labute approximate surface area is 417 Å². The van der Waals surface area contributed by atoms with Crippen LogP contribution in [-0.2, 0) is 57.1 Å². The summed E-state index contributed by atoms with van der Waals surface area (Å²) >= 11 is 0. The van der Waals surface area contributed by atoms with Crippen LogP contribution in [-0.4, -0.2) is 165 Å². The molecule has 412 valence electrons. The lowest BCUT2D eigenvalue weighted by Gasteiger charge is -2.46. The average molecular weight is 1010 g/mol. The van der Waals surface area contributed by atoms with Crippen LogP contribution in [0, 0.1) is 35.5 Å². The fraction of sp³-hybridized carbons (Fsp3) is 0.920. The number of hydrogen-bond donors (Lipinski definition) is 8. The number of esters is 4. The Morgan fingerprint density at radius 3 is 1.16 bits per heavy atom. The number of aliphatic hydroxyl groups excluding tert-OH is 6. The Balaban J connectivity index is 0.000000473. The molecule has 0 amide bonds. The Kier molecular flexibility index (Phi) is 29.2. The zero-order chi connectivity index (χ0) is 54.1. The van der Waals surface area contributed by atoms with E-state index in [1.165, 1.54) is 27.7 Å². The third-order valence-corrected chi connectivity index (χ3v) is 12.9. The second kappa shape index (κ2) is 31.2. The van der Waals surface area contributed by atoms with Crippen LogP contribution in [0.5, 0.6) is 0 Å². The standard InChI is InChI=1S/C15H27NO5.C15H26O5.C10H21NO4.C10H20O4/c1-7-12-13(20-10(5)17)9(4)19-15(16-8(2)3)14(12)21-11(6)18;1-7-12-14(19-10(5)16)9(4)18-13(8(2)3)15(12)20-11(6)17;1-4-6-7(12)9(11-5(2)3)15-10(14)8(6)13;1-4-6-7(11)9(5(2)3)14-10(13)8(6)12/h8-9,12-16H,7H2,1-6H3;8-9,12-15H,7H2,1-6H3;5-14H,4H2,1-3H3;5-13H,4H2,1-3H3. The lowest BCUT2D eigenvalue weighted by Crippen LogP contribution is -2.61. The highest BCUT2D eigenvalue weighted by Crippen LogP contribution is 2.36. The predicted molar refractivity (Wildman–Crippen MR) is 258 cm³/mol. The molecule has 0 saturated carbocycles. The summed E-state index contributed by atoms with van der Waals surface area (Å²) in [5.74, 6) is -1.85. The van der Waals surface area contributed by atoms with E-state index in [-0.39, 0.29) is 102 Å². The summed E-state index contributed by atoms with van der Waals surface area (Å²) in [5.41, 5.74) is 0. The van der Waals surface area contributed by atoms with Crippen molar-refractivity contribution in [3.63, 3.8) is 0 Å². The minimum Gasteiger partial charge on any atom is -0.459 e. The molecule has 0 radical (unpaired) electrons. The van der Waals surface area contributed by atoms with Crippen LogP contribution in [0.4, 0.5) is 0 Å². The summed E-state index contributed by atoms with van der Waals surface area (Å²) in [6.45, 7) is 32.8. The Morgan fingerprint density at radius 2 is 0.771 bits per heavy atom. The maximum absolute atomic E-state index is 11.4. The monoisotopic (exact) mass is 1010 g/mol. The highest BCUT2D eigenvalue weighted by Gasteiger charge is 2.49. The van der Waals surface area contributed by atoms with Gasteiger partial charge in [-0.15, -0.1) is 0 Å². The molecule has 0 aromatic heterocycles. The van der Waals surface area contributed by atoms with Crippen LogP contribution in [0.1, 0.15) is 150 Å². The van der Waals surface area contributed by atoms with Crippen molar-refractivity contribution in [2.75, 3.05) is 0 Å². The van der Waals surface area contributed by atoms with Crippen LogP contribution < -0.4 is 10.6 Å². The highest BCUT2D eigenvalue weighted by molar-refractivity contribution is 5.67. The van der Waals surface area contributed by atoms with Crippen molar-refractivity contribution < 1.29 is 87.7 Å². The summed E-state index contributed by atoms with van der Waals surface area (Å²) in [6.07, 6.45) is -6.88. The molecule has 0 spiro atoms. The van der Waals surface area contributed by atoms with E-state index < -0.39 is 67.8 Å². The Morgan fingerprint density at radius 1 is 0.429 bits per heavy atom. The number of rotatable bonds is 14. The number of carbonyl (C=O) groups excluding carboxylic acids is 4. The van der Waals surface area contributed by atoms with Crippen LogP contribution in [0.15, 0.2) is 0 Å². The van der Waals surface area contributed by atoms with Crippen molar-refractivity contribution in [1.29, 1.82) is 0 Å². The second-order valence-corrected chi connectivity index (χ2v) is 20.2. The number of ether oxygens (including phenoxy) is 8. The van der Waals surface area contributed by atoms with Crippen molar-refractivity contribution >= 4 is 23.9 Å². The van der Waals surface area contributed by atoms with Crippen molar-refractivity contribution in [2.45, 2.75) is 261 Å². The summed E-state index contributed by atoms with van der Waals surface area (Å²) in [7, 11) is 0. The second-order valence-electron chi connectivity index (χ2n) is 20.2. The van der Waals surface area contributed by atoms with Crippen molar-refractivity contribution in [3.05, 3.63) is 0 Å². The highest BCUT2D eigenvalue weighted by atomic mass is 16.6. The molecule has 20 unspecified atom stereocenters. The molecule has 20 nitrogen and oxygen atoms in total. The van der Waals surface area contributed by atoms with E-state index in [2.05, 4.69) is 10.6 Å². The lowest BCUT2D eigenvalue weighted by atomic mass is 9.81. The van der Waals surface area contributed by atoms with Gasteiger partial charge in [-0.3, -0.25) is 29.8 Å². The van der Waals surface area contributed by atoms with Gasteiger partial charge < -0.3 is 68.5 Å². The van der Waals surface area contributed by atoms with Crippen LogP contribution in [0.2, 0.25) is 0 Å². The van der Waals surface area contributed by atoms with Gasteiger partial charge in [0.05, 0.1) is 36.6 Å². The van der Waals surface area contributed by atoms with E-state index in [1.807, 2.05) is 96.9 Å². The molecule has 4 rings (SSSR count). The van der Waals surface area contributed by atoms with Gasteiger partial charge >= 0.3 is 23.9 Å². The molecular formula is C50H94N2O18. The van der Waals surface area contributed by atoms with Gasteiger partial charge in [-0.05, 0) is 79.1 Å². The number of aliphatic hydroxyl groups is 6. The van der Waals surface area contributed by atoms with Gasteiger partial charge in [-0.1, -0.05) is 55.4 Å². The molecule has 4 saturated heterocycles. The van der Waals surface area contributed by atoms with E-state index in [0.29, 0.717) is 12.8 Å². The van der Waals surface area contributed by atoms with Gasteiger partial charge in [-0.25, -0.2) is 0 Å². The first-order valence-electron chi connectivity index (χ1n) is 25.4. The molecule has 4 aliphatic rings. The van der Waals surface area contributed by atoms with E-state index in [4.69, 9.17) is 37.9 Å². The Hall–Kier alpha value is -2.60. The van der Waals surface area contributed by atoms with Gasteiger partial charge in [0, 0.05) is 63.5 Å². The molecule has 0 bridgehead atoms. The van der Waals surface area contributed by atoms with Crippen LogP contribution >= 0.6 is 0 Å². The first-order chi connectivity index (χ1) is 32.5. The molecule has 70 heavy (non-hydrogen) atoms. The molecule has 0 aliphatic carbocycles. The molecule has 8 N–H and O–H groups in total. The minimum atomic E-state index is -1.23. The molecule has 0 aromatic carbocycles. The normalized spacial score (nSPS) is 37.4. The number of carbonyl (C=O) groups is 4. The molecule has 0 aromatic rings. The van der Waals surface area contributed by atoms with E-state index in [0.717, 1.165) is 12.8 Å². The largest absolute Gasteiger partial charge is 0.459 e. The van der Waals surface area contributed by atoms with Gasteiger partial charge in [0.25, 0.3) is 0 Å². The van der Waals surface area contributed by atoms with Crippen LogP contribution in [0.3, 0.4) is 0 Å². The molecule has 4 fully saturated rings. The first-order valence-corrected chi connectivity index (χ1v) is 25.4. The number of nitrogens with one attached hydrogen (secondary N) is 2. The molecule has 20 heteroatoms. The minimum absolute atomic E-state index is 0.0426. The molecule has 4 heterocycles. The maximum Gasteiger partial charge on any atom is 0.303 e. The molecule has 4 aliphatic heterocycles. The third kappa shape index (κ3) is 19.7. The molecule has 20 atom stereocenters. The smallest absolute Gasteiger partial charge is 0.303 e. The fourth-order valence-electron chi connectivity index (χ4n) is 9.60. The van der Waals surface area contributed by atoms with E-state index in [1.54, 1.807) is 0 Å². The fourth-order valence-corrected chi connectivity index (χ4v) is 9.60. The summed E-state index contributed by atoms with van der Waals surface area (Å²) in [6, 6.07) is 0.327. The average Bonchev–Trinajstić information content (AvgIpc) is 3.24. The third-order valence-electron chi connectivity index (χ3n) is 12.9. The van der Waals surface area contributed by atoms with E-state index >= 15 is 0 Å². The zero-order valence-corrected chi connectivity index (χ0v) is 45.3. The number of hydrogen-bond acceptors (Lipinski definition) is 20. The van der Waals surface area contributed by atoms with Gasteiger partial charge in [0.1, 0.15) is 49.1 Å².